The molecule has 0 aliphatic heterocycles. The van der Waals surface area contributed by atoms with Crippen LogP contribution in [0.5, 0.6) is 0 Å². The predicted molar refractivity (Wildman–Crippen MR) is 124 cm³/mol. The van der Waals surface area contributed by atoms with Gasteiger partial charge >= 0.3 is 11.9 Å². The maximum atomic E-state index is 12.6. The number of rotatable bonds is 16. The Balaban J connectivity index is 5.10. The number of nitrogens with zero attached hydrogens (tertiary/aromatic N) is 1. The van der Waals surface area contributed by atoms with Crippen LogP contribution in [0.4, 0.5) is 0 Å². The first-order chi connectivity index (χ1) is 15.8. The average Bonchev–Trinajstić information content (AvgIpc) is 2.74. The number of thiol groups is 1. The van der Waals surface area contributed by atoms with E-state index in [1.807, 2.05) is 0 Å². The first kappa shape index (κ1) is 30.9. The monoisotopic (exact) mass is 507 g/mol. The van der Waals surface area contributed by atoms with Gasteiger partial charge in [-0.05, 0) is 26.2 Å². The Hall–Kier alpha value is -3.11. The van der Waals surface area contributed by atoms with Gasteiger partial charge in [0.15, 0.2) is 5.96 Å². The number of aliphatic hydroxyl groups is 1. The highest BCUT2D eigenvalue weighted by molar-refractivity contribution is 7.80. The fraction of sp³-hybridized carbons (Fsp3) is 0.667. The summed E-state index contributed by atoms with van der Waals surface area (Å²) in [5.41, 5.74) is 16.0. The normalized spacial score (nSPS) is 15.1. The summed E-state index contributed by atoms with van der Waals surface area (Å²) in [4.78, 5) is 63.0. The molecule has 0 saturated carbocycles. The molecule has 16 heteroatoms. The third kappa shape index (κ3) is 12.2. The minimum absolute atomic E-state index is 0.00563. The van der Waals surface area contributed by atoms with Gasteiger partial charge in [0, 0.05) is 18.7 Å². The van der Waals surface area contributed by atoms with Crippen molar-refractivity contribution in [2.45, 2.75) is 62.9 Å². The zero-order chi connectivity index (χ0) is 26.4. The summed E-state index contributed by atoms with van der Waals surface area (Å²) in [5.74, 6) is -5.54. The summed E-state index contributed by atoms with van der Waals surface area (Å²) in [6.07, 6.45) is -1.71. The molecule has 0 aromatic rings. The number of aliphatic hydroxyl groups excluding tert-OH is 1. The highest BCUT2D eigenvalue weighted by atomic mass is 32.1. The number of carboxylic acids is 2. The maximum absolute atomic E-state index is 12.6. The Labute approximate surface area is 201 Å². The molecule has 0 rings (SSSR count). The highest BCUT2D eigenvalue weighted by Crippen LogP contribution is 2.03. The molecule has 0 aliphatic carbocycles. The molecule has 5 atom stereocenters. The topological polar surface area (TPSA) is 273 Å². The lowest BCUT2D eigenvalue weighted by molar-refractivity contribution is -0.142. The quantitative estimate of drug-likeness (QED) is 0.0417. The van der Waals surface area contributed by atoms with Gasteiger partial charge in [-0.3, -0.25) is 24.2 Å². The number of carboxylic acid groups (broad SMARTS) is 2. The van der Waals surface area contributed by atoms with Crippen LogP contribution in [0.25, 0.3) is 0 Å². The Morgan fingerprint density at radius 1 is 0.941 bits per heavy atom. The molecule has 5 unspecified atom stereocenters. The SMILES string of the molecule is CC(O)C(NC(=O)C(N)CCC(=O)O)C(=O)NC(CS)C(=O)NC(CCCN=C(N)N)C(=O)O. The number of aliphatic carboxylic acids is 2. The zero-order valence-electron chi connectivity index (χ0n) is 18.6. The van der Waals surface area contributed by atoms with Crippen molar-refractivity contribution >= 4 is 48.2 Å². The Morgan fingerprint density at radius 2 is 1.53 bits per heavy atom. The second-order valence-corrected chi connectivity index (χ2v) is 7.72. The van der Waals surface area contributed by atoms with Crippen LogP contribution < -0.4 is 33.2 Å². The number of guanidine groups is 1. The van der Waals surface area contributed by atoms with Gasteiger partial charge in [-0.15, -0.1) is 0 Å². The van der Waals surface area contributed by atoms with Crippen molar-refractivity contribution in [3.05, 3.63) is 0 Å². The van der Waals surface area contributed by atoms with E-state index in [0.717, 1.165) is 0 Å². The molecule has 3 amide bonds. The second kappa shape index (κ2) is 15.7. The molecule has 0 spiro atoms. The van der Waals surface area contributed by atoms with Gasteiger partial charge in [0.1, 0.15) is 18.1 Å². The summed E-state index contributed by atoms with van der Waals surface area (Å²) in [6, 6.07) is -5.35. The van der Waals surface area contributed by atoms with Crippen molar-refractivity contribution in [3.63, 3.8) is 0 Å². The lowest BCUT2D eigenvalue weighted by Gasteiger charge is -2.25. The molecule has 12 N–H and O–H groups in total. The Bertz CT molecular complexity index is 761. The van der Waals surface area contributed by atoms with Crippen LogP contribution in [-0.4, -0.2) is 93.5 Å². The van der Waals surface area contributed by atoms with Gasteiger partial charge in [-0.25, -0.2) is 4.79 Å². The van der Waals surface area contributed by atoms with Crippen LogP contribution in [-0.2, 0) is 24.0 Å². The molecular formula is C18H33N7O8S. The summed E-state index contributed by atoms with van der Waals surface area (Å²) >= 11 is 3.99. The summed E-state index contributed by atoms with van der Waals surface area (Å²) in [6.45, 7) is 1.36. The smallest absolute Gasteiger partial charge is 0.326 e. The van der Waals surface area contributed by atoms with Gasteiger partial charge < -0.3 is 48.5 Å². The van der Waals surface area contributed by atoms with Gasteiger partial charge in [-0.1, -0.05) is 0 Å². The molecule has 0 aromatic carbocycles. The van der Waals surface area contributed by atoms with E-state index in [9.17, 15) is 34.2 Å². The number of carbonyl (C=O) groups is 5. The molecule has 0 bridgehead atoms. The number of amides is 3. The van der Waals surface area contributed by atoms with Crippen LogP contribution in [0.2, 0.25) is 0 Å². The summed E-state index contributed by atoms with van der Waals surface area (Å²) < 4.78 is 0. The van der Waals surface area contributed by atoms with Gasteiger partial charge in [0.05, 0.1) is 12.1 Å². The van der Waals surface area contributed by atoms with Crippen LogP contribution in [0.3, 0.4) is 0 Å². The third-order valence-electron chi connectivity index (χ3n) is 4.44. The summed E-state index contributed by atoms with van der Waals surface area (Å²) in [5, 5.41) is 34.7. The van der Waals surface area contributed by atoms with Gasteiger partial charge in [0.25, 0.3) is 0 Å². The third-order valence-corrected chi connectivity index (χ3v) is 4.81. The first-order valence-electron chi connectivity index (χ1n) is 10.3. The van der Waals surface area contributed by atoms with Crippen molar-refractivity contribution in [2.24, 2.45) is 22.2 Å². The van der Waals surface area contributed by atoms with Crippen molar-refractivity contribution in [1.82, 2.24) is 16.0 Å². The van der Waals surface area contributed by atoms with Crippen molar-refractivity contribution in [3.8, 4) is 0 Å². The van der Waals surface area contributed by atoms with E-state index < -0.39 is 59.9 Å². The number of aliphatic imine (C=N–C) groups is 1. The average molecular weight is 508 g/mol. The fourth-order valence-corrected chi connectivity index (χ4v) is 2.82. The lowest BCUT2D eigenvalue weighted by atomic mass is 10.1. The zero-order valence-corrected chi connectivity index (χ0v) is 19.5. The molecule has 0 aromatic heterocycles. The van der Waals surface area contributed by atoms with E-state index >= 15 is 0 Å². The molecule has 0 radical (unpaired) electrons. The van der Waals surface area contributed by atoms with E-state index in [-0.39, 0.29) is 43.9 Å². The Morgan fingerprint density at radius 3 is 2.00 bits per heavy atom. The minimum Gasteiger partial charge on any atom is -0.481 e. The van der Waals surface area contributed by atoms with Crippen LogP contribution in [0.15, 0.2) is 4.99 Å². The van der Waals surface area contributed by atoms with E-state index in [1.54, 1.807) is 0 Å². The van der Waals surface area contributed by atoms with Gasteiger partial charge in [0.2, 0.25) is 17.7 Å². The van der Waals surface area contributed by atoms with Gasteiger partial charge in [-0.2, -0.15) is 12.6 Å². The largest absolute Gasteiger partial charge is 0.481 e. The predicted octanol–water partition coefficient (Wildman–Crippen LogP) is -3.92. The van der Waals surface area contributed by atoms with E-state index in [1.165, 1.54) is 6.92 Å². The summed E-state index contributed by atoms with van der Waals surface area (Å²) in [7, 11) is 0. The molecule has 15 nitrogen and oxygen atoms in total. The van der Waals surface area contributed by atoms with E-state index in [4.69, 9.17) is 22.3 Å². The maximum Gasteiger partial charge on any atom is 0.326 e. The lowest BCUT2D eigenvalue weighted by Crippen LogP contribution is -2.60. The van der Waals surface area contributed by atoms with Crippen LogP contribution in [0, 0.1) is 0 Å². The number of carbonyl (C=O) groups excluding carboxylic acids is 3. The minimum atomic E-state index is -1.52. The van der Waals surface area contributed by atoms with Crippen molar-refractivity contribution < 1.29 is 39.3 Å². The first-order valence-corrected chi connectivity index (χ1v) is 10.9. The van der Waals surface area contributed by atoms with Crippen molar-refractivity contribution in [2.75, 3.05) is 12.3 Å². The Kier molecular flexibility index (Phi) is 14.2. The molecular weight excluding hydrogens is 474 g/mol. The number of hydrogen-bond acceptors (Lipinski definition) is 9. The van der Waals surface area contributed by atoms with Crippen LogP contribution in [0.1, 0.15) is 32.6 Å². The molecule has 0 aliphatic rings. The molecule has 194 valence electrons. The molecule has 0 saturated heterocycles. The second-order valence-electron chi connectivity index (χ2n) is 7.36. The van der Waals surface area contributed by atoms with E-state index in [2.05, 4.69) is 33.6 Å². The standard InChI is InChI=1S/C18H33N7O8S/c1-8(26)13(25-14(29)9(19)4-5-12(27)28)16(31)24-11(7-34)15(30)23-10(17(32)33)3-2-6-22-18(20)21/h8-11,13,26,34H,2-7,19H2,1H3,(H,23,30)(H,24,31)(H,25,29)(H,27,28)(H,32,33)(H4,20,21,22). The molecule has 0 fully saturated rings. The van der Waals surface area contributed by atoms with Crippen LogP contribution >= 0.6 is 12.6 Å². The molecule has 34 heavy (non-hydrogen) atoms. The molecule has 0 heterocycles. The number of hydrogen-bond donors (Lipinski definition) is 10. The highest BCUT2D eigenvalue weighted by Gasteiger charge is 2.32. The van der Waals surface area contributed by atoms with Crippen molar-refractivity contribution in [1.29, 1.82) is 0 Å². The number of nitrogens with two attached hydrogens (primary N) is 3. The van der Waals surface area contributed by atoms with E-state index in [0.29, 0.717) is 0 Å². The fourth-order valence-electron chi connectivity index (χ4n) is 2.56. The number of nitrogens with one attached hydrogen (secondary N) is 3.